The van der Waals surface area contributed by atoms with Gasteiger partial charge in [0.1, 0.15) is 0 Å². The van der Waals surface area contributed by atoms with Gasteiger partial charge in [-0.15, -0.1) is 11.3 Å². The Labute approximate surface area is 114 Å². The van der Waals surface area contributed by atoms with Crippen molar-refractivity contribution in [1.29, 1.82) is 0 Å². The number of benzene rings is 1. The Hall–Kier alpha value is -0.650. The number of hydrogen-bond acceptors (Lipinski definition) is 3. The average molecular weight is 361 g/mol. The number of nitrogen functional groups attached to an aromatic ring is 1. The van der Waals surface area contributed by atoms with E-state index in [2.05, 4.69) is 31.9 Å². The molecule has 0 amide bonds. The topological polar surface area (TPSA) is 43.1 Å². The summed E-state index contributed by atoms with van der Waals surface area (Å²) in [5.41, 5.74) is 6.90. The molecule has 2 N–H and O–H groups in total. The van der Waals surface area contributed by atoms with Gasteiger partial charge in [0.15, 0.2) is 0 Å². The second-order valence-electron chi connectivity index (χ2n) is 3.14. The molecule has 1 heterocycles. The highest BCUT2D eigenvalue weighted by Crippen LogP contribution is 2.30. The van der Waals surface area contributed by atoms with Crippen molar-refractivity contribution in [2.75, 3.05) is 5.73 Å². The van der Waals surface area contributed by atoms with Gasteiger partial charge in [-0.05, 0) is 55.4 Å². The second-order valence-corrected chi connectivity index (χ2v) is 5.70. The molecule has 5 heteroatoms. The maximum Gasteiger partial charge on any atom is 0.205 e. The highest BCUT2D eigenvalue weighted by molar-refractivity contribution is 9.11. The number of thiophene rings is 1. The van der Waals surface area contributed by atoms with E-state index in [1.807, 2.05) is 11.4 Å². The number of carbonyl (C=O) groups excluding carboxylic acids is 1. The molecule has 0 atom stereocenters. The molecule has 0 bridgehead atoms. The lowest BCUT2D eigenvalue weighted by molar-refractivity contribution is 0.104. The van der Waals surface area contributed by atoms with Crippen LogP contribution in [0, 0.1) is 0 Å². The Morgan fingerprint density at radius 1 is 1.25 bits per heavy atom. The average Bonchev–Trinajstić information content (AvgIpc) is 2.68. The van der Waals surface area contributed by atoms with Gasteiger partial charge in [-0.2, -0.15) is 0 Å². The van der Waals surface area contributed by atoms with Crippen LogP contribution in [0.5, 0.6) is 0 Å². The fourth-order valence-corrected chi connectivity index (χ4v) is 3.25. The summed E-state index contributed by atoms with van der Waals surface area (Å²) in [5, 5.41) is 1.87. The standard InChI is InChI=1S/C11H7Br2NOS/c12-7-4-5-16-11(7)10(15)6-2-1-3-8(14)9(6)13/h1-5H,14H2. The van der Waals surface area contributed by atoms with Gasteiger partial charge in [0.25, 0.3) is 0 Å². The molecule has 0 aliphatic rings. The molecule has 0 fully saturated rings. The monoisotopic (exact) mass is 359 g/mol. The van der Waals surface area contributed by atoms with Gasteiger partial charge in [0.05, 0.1) is 9.35 Å². The summed E-state index contributed by atoms with van der Waals surface area (Å²) in [6, 6.07) is 7.15. The maximum absolute atomic E-state index is 12.2. The predicted molar refractivity (Wildman–Crippen MR) is 74.0 cm³/mol. The molecule has 2 nitrogen and oxygen atoms in total. The third-order valence-corrected chi connectivity index (χ3v) is 4.82. The fraction of sp³-hybridized carbons (Fsp3) is 0. The van der Waals surface area contributed by atoms with Crippen LogP contribution in [0.4, 0.5) is 5.69 Å². The van der Waals surface area contributed by atoms with Crippen molar-refractivity contribution in [3.8, 4) is 0 Å². The summed E-state index contributed by atoms with van der Waals surface area (Å²) in [4.78, 5) is 12.9. The number of carbonyl (C=O) groups is 1. The number of rotatable bonds is 2. The first-order chi connectivity index (χ1) is 7.61. The SMILES string of the molecule is Nc1cccc(C(=O)c2sccc2Br)c1Br. The molecule has 0 saturated carbocycles. The van der Waals surface area contributed by atoms with Gasteiger partial charge in [0.2, 0.25) is 5.78 Å². The highest BCUT2D eigenvalue weighted by atomic mass is 79.9. The fourth-order valence-electron chi connectivity index (χ4n) is 1.30. The molecule has 1 aromatic carbocycles. The molecule has 82 valence electrons. The van der Waals surface area contributed by atoms with E-state index in [0.717, 1.165) is 4.47 Å². The van der Waals surface area contributed by atoms with Crippen LogP contribution in [-0.4, -0.2) is 5.78 Å². The van der Waals surface area contributed by atoms with Crippen molar-refractivity contribution in [3.63, 3.8) is 0 Å². The molecule has 0 spiro atoms. The minimum absolute atomic E-state index is 0.0268. The van der Waals surface area contributed by atoms with Crippen molar-refractivity contribution < 1.29 is 4.79 Å². The van der Waals surface area contributed by atoms with Crippen molar-refractivity contribution in [2.45, 2.75) is 0 Å². The van der Waals surface area contributed by atoms with Crippen molar-refractivity contribution in [1.82, 2.24) is 0 Å². The normalized spacial score (nSPS) is 10.4. The third-order valence-electron chi connectivity index (χ3n) is 2.10. The molecule has 0 saturated heterocycles. The molecule has 0 radical (unpaired) electrons. The van der Waals surface area contributed by atoms with Gasteiger partial charge in [0, 0.05) is 15.7 Å². The molecular formula is C11H7Br2NOS. The predicted octanol–water partition coefficient (Wildman–Crippen LogP) is 4.09. The van der Waals surface area contributed by atoms with Crippen LogP contribution in [0.25, 0.3) is 0 Å². The molecule has 2 aromatic rings. The summed E-state index contributed by atoms with van der Waals surface area (Å²) < 4.78 is 1.47. The number of nitrogens with two attached hydrogens (primary N) is 1. The molecule has 16 heavy (non-hydrogen) atoms. The molecule has 0 unspecified atom stereocenters. The van der Waals surface area contributed by atoms with Gasteiger partial charge in [-0.3, -0.25) is 4.79 Å². The Kier molecular flexibility index (Phi) is 3.47. The molecule has 0 aliphatic heterocycles. The van der Waals surface area contributed by atoms with E-state index in [9.17, 15) is 4.79 Å². The first-order valence-corrected chi connectivity index (χ1v) is 6.89. The number of halogens is 2. The van der Waals surface area contributed by atoms with E-state index in [-0.39, 0.29) is 5.78 Å². The lowest BCUT2D eigenvalue weighted by Crippen LogP contribution is -2.02. The first-order valence-electron chi connectivity index (χ1n) is 4.43. The van der Waals surface area contributed by atoms with Crippen LogP contribution in [0.15, 0.2) is 38.6 Å². The molecule has 0 aliphatic carbocycles. The van der Waals surface area contributed by atoms with Crippen LogP contribution >= 0.6 is 43.2 Å². The largest absolute Gasteiger partial charge is 0.398 e. The highest BCUT2D eigenvalue weighted by Gasteiger charge is 2.17. The summed E-state index contributed by atoms with van der Waals surface area (Å²) in [6.07, 6.45) is 0. The van der Waals surface area contributed by atoms with Gasteiger partial charge >= 0.3 is 0 Å². The summed E-state index contributed by atoms with van der Waals surface area (Å²) in [7, 11) is 0. The number of hydrogen-bond donors (Lipinski definition) is 1. The molecular weight excluding hydrogens is 354 g/mol. The molecule has 2 rings (SSSR count). The van der Waals surface area contributed by atoms with E-state index < -0.39 is 0 Å². The van der Waals surface area contributed by atoms with Crippen LogP contribution in [0.3, 0.4) is 0 Å². The van der Waals surface area contributed by atoms with E-state index >= 15 is 0 Å². The zero-order valence-electron chi connectivity index (χ0n) is 8.04. The van der Waals surface area contributed by atoms with Crippen LogP contribution in [0.2, 0.25) is 0 Å². The minimum atomic E-state index is -0.0268. The van der Waals surface area contributed by atoms with Crippen LogP contribution in [0.1, 0.15) is 15.2 Å². The van der Waals surface area contributed by atoms with Crippen molar-refractivity contribution in [2.24, 2.45) is 0 Å². The van der Waals surface area contributed by atoms with E-state index in [1.54, 1.807) is 18.2 Å². The number of ketones is 1. The zero-order valence-corrected chi connectivity index (χ0v) is 12.0. The molecule has 1 aromatic heterocycles. The zero-order chi connectivity index (χ0) is 11.7. The Morgan fingerprint density at radius 3 is 2.62 bits per heavy atom. The van der Waals surface area contributed by atoms with E-state index in [4.69, 9.17) is 5.73 Å². The number of anilines is 1. The van der Waals surface area contributed by atoms with Crippen molar-refractivity contribution in [3.05, 3.63) is 49.0 Å². The van der Waals surface area contributed by atoms with Gasteiger partial charge in [-0.1, -0.05) is 6.07 Å². The lowest BCUT2D eigenvalue weighted by atomic mass is 10.1. The Bertz CT molecular complexity index is 551. The van der Waals surface area contributed by atoms with E-state index in [1.165, 1.54) is 11.3 Å². The van der Waals surface area contributed by atoms with Crippen molar-refractivity contribution >= 4 is 54.7 Å². The first kappa shape index (κ1) is 11.8. The van der Waals surface area contributed by atoms with Crippen LogP contribution in [-0.2, 0) is 0 Å². The van der Waals surface area contributed by atoms with Gasteiger partial charge in [-0.25, -0.2) is 0 Å². The summed E-state index contributed by atoms with van der Waals surface area (Å²) in [5.74, 6) is -0.0268. The van der Waals surface area contributed by atoms with E-state index in [0.29, 0.717) is 20.6 Å². The third kappa shape index (κ3) is 2.07. The lowest BCUT2D eigenvalue weighted by Gasteiger charge is -2.04. The van der Waals surface area contributed by atoms with Crippen LogP contribution < -0.4 is 5.73 Å². The second kappa shape index (κ2) is 4.69. The Balaban J connectivity index is 2.50. The smallest absolute Gasteiger partial charge is 0.205 e. The minimum Gasteiger partial charge on any atom is -0.398 e. The maximum atomic E-state index is 12.2. The Morgan fingerprint density at radius 2 is 2.00 bits per heavy atom. The van der Waals surface area contributed by atoms with Gasteiger partial charge < -0.3 is 5.73 Å². The summed E-state index contributed by atoms with van der Waals surface area (Å²) >= 11 is 8.09. The quantitative estimate of drug-likeness (QED) is 0.647. The summed E-state index contributed by atoms with van der Waals surface area (Å²) in [6.45, 7) is 0.